The predicted molar refractivity (Wildman–Crippen MR) is 61.0 cm³/mol. The molecule has 0 aliphatic heterocycles. The van der Waals surface area contributed by atoms with E-state index in [9.17, 15) is 9.59 Å². The Kier molecular flexibility index (Phi) is 8.46. The minimum Gasteiger partial charge on any atom is -0.383 e. The third-order valence-corrected chi connectivity index (χ3v) is 1.98. The van der Waals surface area contributed by atoms with E-state index in [1.807, 2.05) is 0 Å². The third-order valence-electron chi connectivity index (χ3n) is 1.98. The smallest absolute Gasteiger partial charge is 0.242 e. The van der Waals surface area contributed by atoms with Crippen LogP contribution in [0.2, 0.25) is 0 Å². The maximum atomic E-state index is 11.4. The number of methoxy groups -OCH3 is 1. The zero-order chi connectivity index (χ0) is 12.4. The molecule has 0 heterocycles. The van der Waals surface area contributed by atoms with Crippen LogP contribution in [0, 0.1) is 0 Å². The van der Waals surface area contributed by atoms with Gasteiger partial charge < -0.3 is 20.7 Å². The molecule has 0 saturated carbocycles. The Morgan fingerprint density at radius 3 is 2.56 bits per heavy atom. The number of hydrogen-bond donors (Lipinski definition) is 3. The minimum absolute atomic E-state index is 0.135. The lowest BCUT2D eigenvalue weighted by Crippen LogP contribution is -2.45. The van der Waals surface area contributed by atoms with Crippen molar-refractivity contribution in [3.63, 3.8) is 0 Å². The number of amides is 2. The Morgan fingerprint density at radius 2 is 2.00 bits per heavy atom. The molecule has 3 N–H and O–H groups in total. The molecule has 0 aliphatic rings. The van der Waals surface area contributed by atoms with E-state index in [1.54, 1.807) is 21.1 Å². The number of hydrogen-bond acceptors (Lipinski definition) is 4. The van der Waals surface area contributed by atoms with Gasteiger partial charge in [-0.05, 0) is 14.0 Å². The van der Waals surface area contributed by atoms with Crippen molar-refractivity contribution < 1.29 is 14.3 Å². The molecule has 0 rings (SSSR count). The average Bonchev–Trinajstić information content (AvgIpc) is 2.26. The molecule has 0 aliphatic carbocycles. The molecule has 0 radical (unpaired) electrons. The molecule has 0 aromatic rings. The standard InChI is InChI=1S/C10H21N3O3/c1-8(10(15)12-6-7-16-3)13-9(14)4-5-11-2/h8,11H,4-7H2,1-3H3,(H,12,15)(H,13,14). The number of ether oxygens (including phenoxy) is 1. The third kappa shape index (κ3) is 7.19. The summed E-state index contributed by atoms with van der Waals surface area (Å²) in [6.07, 6.45) is 0.367. The Morgan fingerprint density at radius 1 is 1.31 bits per heavy atom. The molecule has 0 spiro atoms. The molecule has 6 nitrogen and oxygen atoms in total. The molecule has 0 bridgehead atoms. The normalized spacial score (nSPS) is 11.9. The quantitative estimate of drug-likeness (QED) is 0.462. The first-order valence-electron chi connectivity index (χ1n) is 5.32. The summed E-state index contributed by atoms with van der Waals surface area (Å²) in [4.78, 5) is 22.7. The van der Waals surface area contributed by atoms with E-state index in [2.05, 4.69) is 16.0 Å². The van der Waals surface area contributed by atoms with Crippen molar-refractivity contribution >= 4 is 11.8 Å². The lowest BCUT2D eigenvalue weighted by Gasteiger charge is -2.13. The van der Waals surface area contributed by atoms with Crippen molar-refractivity contribution in [2.75, 3.05) is 33.9 Å². The van der Waals surface area contributed by atoms with Gasteiger partial charge in [-0.1, -0.05) is 0 Å². The van der Waals surface area contributed by atoms with E-state index in [4.69, 9.17) is 4.74 Å². The SMILES string of the molecule is CNCCC(=O)NC(C)C(=O)NCCOC. The van der Waals surface area contributed by atoms with Crippen LogP contribution in [-0.2, 0) is 14.3 Å². The van der Waals surface area contributed by atoms with Gasteiger partial charge >= 0.3 is 0 Å². The second-order valence-electron chi connectivity index (χ2n) is 3.43. The Hall–Kier alpha value is -1.14. The van der Waals surface area contributed by atoms with Crippen molar-refractivity contribution in [3.05, 3.63) is 0 Å². The molecule has 94 valence electrons. The summed E-state index contributed by atoms with van der Waals surface area (Å²) in [6, 6.07) is -0.513. The van der Waals surface area contributed by atoms with Crippen molar-refractivity contribution in [1.29, 1.82) is 0 Å². The summed E-state index contributed by atoms with van der Waals surface area (Å²) in [5.41, 5.74) is 0. The van der Waals surface area contributed by atoms with Gasteiger partial charge in [0.25, 0.3) is 0 Å². The second kappa shape index (κ2) is 9.11. The molecular weight excluding hydrogens is 210 g/mol. The summed E-state index contributed by atoms with van der Waals surface area (Å²) in [5.74, 6) is -0.335. The lowest BCUT2D eigenvalue weighted by atomic mass is 10.3. The fourth-order valence-electron chi connectivity index (χ4n) is 1.05. The van der Waals surface area contributed by atoms with Crippen molar-refractivity contribution in [2.24, 2.45) is 0 Å². The summed E-state index contributed by atoms with van der Waals surface area (Å²) in [5, 5.41) is 8.13. The maximum Gasteiger partial charge on any atom is 0.242 e. The van der Waals surface area contributed by atoms with Crippen LogP contribution < -0.4 is 16.0 Å². The van der Waals surface area contributed by atoms with E-state index in [-0.39, 0.29) is 11.8 Å². The monoisotopic (exact) mass is 231 g/mol. The van der Waals surface area contributed by atoms with Crippen molar-refractivity contribution in [3.8, 4) is 0 Å². The minimum atomic E-state index is -0.513. The van der Waals surface area contributed by atoms with E-state index >= 15 is 0 Å². The van der Waals surface area contributed by atoms with Crippen LogP contribution in [0.25, 0.3) is 0 Å². The Bertz CT molecular complexity index is 221. The van der Waals surface area contributed by atoms with Gasteiger partial charge in [0.2, 0.25) is 11.8 Å². The molecule has 1 unspecified atom stereocenters. The van der Waals surface area contributed by atoms with Gasteiger partial charge in [0, 0.05) is 26.6 Å². The highest BCUT2D eigenvalue weighted by Crippen LogP contribution is 1.85. The zero-order valence-corrected chi connectivity index (χ0v) is 10.1. The van der Waals surface area contributed by atoms with Gasteiger partial charge in [-0.3, -0.25) is 9.59 Å². The topological polar surface area (TPSA) is 79.5 Å². The van der Waals surface area contributed by atoms with Crippen LogP contribution in [0.3, 0.4) is 0 Å². The van der Waals surface area contributed by atoms with Gasteiger partial charge in [0.05, 0.1) is 6.61 Å². The van der Waals surface area contributed by atoms with Crippen LogP contribution >= 0.6 is 0 Å². The fraction of sp³-hybridized carbons (Fsp3) is 0.800. The van der Waals surface area contributed by atoms with Crippen LogP contribution in [0.4, 0.5) is 0 Å². The van der Waals surface area contributed by atoms with E-state index in [0.29, 0.717) is 26.1 Å². The van der Waals surface area contributed by atoms with Crippen molar-refractivity contribution in [2.45, 2.75) is 19.4 Å². The van der Waals surface area contributed by atoms with Gasteiger partial charge in [-0.2, -0.15) is 0 Å². The average molecular weight is 231 g/mol. The lowest BCUT2D eigenvalue weighted by molar-refractivity contribution is -0.128. The number of rotatable bonds is 8. The molecule has 6 heteroatoms. The van der Waals surface area contributed by atoms with Gasteiger partial charge in [0.15, 0.2) is 0 Å². The van der Waals surface area contributed by atoms with Crippen LogP contribution in [0.1, 0.15) is 13.3 Å². The molecule has 1 atom stereocenters. The first-order valence-corrected chi connectivity index (χ1v) is 5.32. The molecule has 2 amide bonds. The van der Waals surface area contributed by atoms with Gasteiger partial charge in [-0.15, -0.1) is 0 Å². The van der Waals surface area contributed by atoms with Crippen molar-refractivity contribution in [1.82, 2.24) is 16.0 Å². The predicted octanol–water partition coefficient (Wildman–Crippen LogP) is -1.14. The maximum absolute atomic E-state index is 11.4. The first kappa shape index (κ1) is 14.9. The highest BCUT2D eigenvalue weighted by Gasteiger charge is 2.14. The molecule has 16 heavy (non-hydrogen) atoms. The summed E-state index contributed by atoms with van der Waals surface area (Å²) in [7, 11) is 3.34. The molecular formula is C10H21N3O3. The highest BCUT2D eigenvalue weighted by molar-refractivity contribution is 5.87. The highest BCUT2D eigenvalue weighted by atomic mass is 16.5. The van der Waals surface area contributed by atoms with Gasteiger partial charge in [-0.25, -0.2) is 0 Å². The molecule has 0 saturated heterocycles. The van der Waals surface area contributed by atoms with Crippen LogP contribution in [0.5, 0.6) is 0 Å². The summed E-state index contributed by atoms with van der Waals surface area (Å²) < 4.78 is 4.80. The van der Waals surface area contributed by atoms with E-state index in [0.717, 1.165) is 0 Å². The number of carbonyl (C=O) groups excluding carboxylic acids is 2. The fourth-order valence-corrected chi connectivity index (χ4v) is 1.05. The number of carbonyl (C=O) groups is 2. The number of nitrogens with one attached hydrogen (secondary N) is 3. The molecule has 0 aromatic carbocycles. The largest absolute Gasteiger partial charge is 0.383 e. The zero-order valence-electron chi connectivity index (χ0n) is 10.1. The summed E-state index contributed by atoms with van der Waals surface area (Å²) >= 11 is 0. The van der Waals surface area contributed by atoms with Crippen LogP contribution in [0.15, 0.2) is 0 Å². The Labute approximate surface area is 96.1 Å². The van der Waals surface area contributed by atoms with E-state index in [1.165, 1.54) is 0 Å². The van der Waals surface area contributed by atoms with E-state index < -0.39 is 6.04 Å². The molecule has 0 aromatic heterocycles. The summed E-state index contributed by atoms with van der Waals surface area (Å²) in [6.45, 7) is 3.17. The van der Waals surface area contributed by atoms with Crippen LogP contribution in [-0.4, -0.2) is 51.7 Å². The first-order chi connectivity index (χ1) is 7.61. The molecule has 0 fully saturated rings. The Balaban J connectivity index is 3.73. The van der Waals surface area contributed by atoms with Gasteiger partial charge in [0.1, 0.15) is 6.04 Å². The second-order valence-corrected chi connectivity index (χ2v) is 3.43.